The van der Waals surface area contributed by atoms with Crippen LogP contribution < -0.4 is 0 Å². The van der Waals surface area contributed by atoms with Crippen molar-refractivity contribution < 1.29 is 14.0 Å². The van der Waals surface area contributed by atoms with Crippen LogP contribution in [0.1, 0.15) is 32.4 Å². The fourth-order valence-corrected chi connectivity index (χ4v) is 4.66. The van der Waals surface area contributed by atoms with Gasteiger partial charge in [-0.15, -0.1) is 6.58 Å². The number of benzene rings is 1. The lowest BCUT2D eigenvalue weighted by molar-refractivity contribution is -0.224. The number of hydrogen-bond donors (Lipinski definition) is 0. The molecule has 25 heavy (non-hydrogen) atoms. The van der Waals surface area contributed by atoms with Crippen molar-refractivity contribution in [2.45, 2.75) is 50.9 Å². The van der Waals surface area contributed by atoms with E-state index in [1.54, 1.807) is 11.0 Å². The van der Waals surface area contributed by atoms with Crippen molar-refractivity contribution >= 4 is 30.2 Å². The Hall–Kier alpha value is -0.953. The van der Waals surface area contributed by atoms with Gasteiger partial charge in [-0.25, -0.2) is 0 Å². The van der Waals surface area contributed by atoms with Crippen LogP contribution in [0.3, 0.4) is 0 Å². The highest BCUT2D eigenvalue weighted by Crippen LogP contribution is 2.45. The predicted octanol–water partition coefficient (Wildman–Crippen LogP) is 4.84. The first-order valence-corrected chi connectivity index (χ1v) is 12.5. The zero-order valence-corrected chi connectivity index (χ0v) is 18.3. The highest BCUT2D eigenvalue weighted by atomic mass is 79.9. The van der Waals surface area contributed by atoms with E-state index in [9.17, 15) is 4.79 Å². The molecule has 0 radical (unpaired) electrons. The van der Waals surface area contributed by atoms with E-state index in [4.69, 9.17) is 9.16 Å². The first kappa shape index (κ1) is 20.4. The number of halogens is 1. The Morgan fingerprint density at radius 1 is 1.36 bits per heavy atom. The number of carbonyl (C=O) groups excluding carboxylic acids is 1. The number of nitrogens with zero attached hydrogens (tertiary/aromatic N) is 1. The molecule has 1 fully saturated rings. The van der Waals surface area contributed by atoms with E-state index in [0.29, 0.717) is 11.9 Å². The summed E-state index contributed by atoms with van der Waals surface area (Å²) in [6.45, 7) is 15.0. The Morgan fingerprint density at radius 3 is 2.44 bits per heavy atom. The quantitative estimate of drug-likeness (QED) is 0.371. The van der Waals surface area contributed by atoms with Gasteiger partial charge >= 0.3 is 0 Å². The van der Waals surface area contributed by atoms with E-state index in [0.717, 1.165) is 5.56 Å². The number of amides is 1. The SMILES string of the molecule is C=CCN1C(=O)[C@H](c2ccccc2)O[C@]1(CBr)O[Si](C)(C)C(C)(C)C. The smallest absolute Gasteiger partial charge is 0.260 e. The Kier molecular flexibility index (Phi) is 5.98. The van der Waals surface area contributed by atoms with Crippen molar-refractivity contribution in [1.82, 2.24) is 4.90 Å². The molecule has 4 nitrogen and oxygen atoms in total. The van der Waals surface area contributed by atoms with E-state index in [1.807, 2.05) is 30.3 Å². The predicted molar refractivity (Wildman–Crippen MR) is 107 cm³/mol. The number of rotatable bonds is 6. The molecule has 1 aromatic carbocycles. The maximum absolute atomic E-state index is 13.1. The normalized spacial score (nSPS) is 24.6. The molecule has 6 heteroatoms. The van der Waals surface area contributed by atoms with Gasteiger partial charge in [-0.3, -0.25) is 9.69 Å². The molecule has 1 aromatic rings. The fraction of sp³-hybridized carbons (Fsp3) is 0.526. The molecule has 1 aliphatic rings. The van der Waals surface area contributed by atoms with Crippen LogP contribution in [0.4, 0.5) is 0 Å². The van der Waals surface area contributed by atoms with Crippen LogP contribution in [-0.4, -0.2) is 36.9 Å². The molecule has 0 aliphatic carbocycles. The summed E-state index contributed by atoms with van der Waals surface area (Å²) in [6, 6.07) is 9.56. The maximum Gasteiger partial charge on any atom is 0.260 e. The lowest BCUT2D eigenvalue weighted by Gasteiger charge is -2.45. The molecule has 1 heterocycles. The van der Waals surface area contributed by atoms with Gasteiger partial charge in [0.15, 0.2) is 14.4 Å². The Labute approximate surface area is 160 Å². The number of hydrogen-bond acceptors (Lipinski definition) is 3. The second-order valence-electron chi connectivity index (χ2n) is 7.85. The van der Waals surface area contributed by atoms with Crippen molar-refractivity contribution in [3.8, 4) is 0 Å². The van der Waals surface area contributed by atoms with E-state index < -0.39 is 20.3 Å². The molecule has 0 N–H and O–H groups in total. The van der Waals surface area contributed by atoms with Gasteiger partial charge in [0.1, 0.15) is 0 Å². The maximum atomic E-state index is 13.1. The third kappa shape index (κ3) is 3.92. The second kappa shape index (κ2) is 7.35. The summed E-state index contributed by atoms with van der Waals surface area (Å²) >= 11 is 3.53. The van der Waals surface area contributed by atoms with E-state index in [1.165, 1.54) is 0 Å². The summed E-state index contributed by atoms with van der Waals surface area (Å²) < 4.78 is 12.9. The highest BCUT2D eigenvalue weighted by molar-refractivity contribution is 9.09. The van der Waals surface area contributed by atoms with Gasteiger partial charge in [0.25, 0.3) is 11.8 Å². The van der Waals surface area contributed by atoms with Gasteiger partial charge in [-0.05, 0) is 23.7 Å². The van der Waals surface area contributed by atoms with Gasteiger partial charge in [-0.2, -0.15) is 0 Å². The van der Waals surface area contributed by atoms with Crippen molar-refractivity contribution in [1.29, 1.82) is 0 Å². The van der Waals surface area contributed by atoms with Gasteiger partial charge in [0.2, 0.25) is 0 Å². The molecule has 0 unspecified atom stereocenters. The first-order chi connectivity index (χ1) is 11.6. The lowest BCUT2D eigenvalue weighted by atomic mass is 10.1. The number of ether oxygens (including phenoxy) is 1. The van der Waals surface area contributed by atoms with E-state index in [-0.39, 0.29) is 10.9 Å². The minimum atomic E-state index is -2.18. The van der Waals surface area contributed by atoms with E-state index >= 15 is 0 Å². The summed E-state index contributed by atoms with van der Waals surface area (Å²) in [4.78, 5) is 14.7. The summed E-state index contributed by atoms with van der Waals surface area (Å²) in [5, 5.41) is 0.384. The molecule has 0 spiro atoms. The average Bonchev–Trinajstić information content (AvgIpc) is 2.81. The largest absolute Gasteiger partial charge is 0.373 e. The Balaban J connectivity index is 2.44. The van der Waals surface area contributed by atoms with Crippen LogP contribution in [-0.2, 0) is 14.0 Å². The van der Waals surface area contributed by atoms with Gasteiger partial charge in [-0.1, -0.05) is 73.1 Å². The molecule has 2 rings (SSSR count). The highest BCUT2D eigenvalue weighted by Gasteiger charge is 2.56. The summed E-state index contributed by atoms with van der Waals surface area (Å²) in [5.41, 5.74) is 0.836. The molecule has 138 valence electrons. The van der Waals surface area contributed by atoms with Crippen LogP contribution in [0.15, 0.2) is 43.0 Å². The van der Waals surface area contributed by atoms with Crippen molar-refractivity contribution in [3.05, 3.63) is 48.6 Å². The fourth-order valence-electron chi connectivity index (χ4n) is 2.57. The van der Waals surface area contributed by atoms with Gasteiger partial charge in [0, 0.05) is 6.54 Å². The molecule has 0 bridgehead atoms. The van der Waals surface area contributed by atoms with Crippen LogP contribution in [0.25, 0.3) is 0 Å². The van der Waals surface area contributed by atoms with Gasteiger partial charge < -0.3 is 9.16 Å². The molecule has 1 saturated heterocycles. The minimum absolute atomic E-state index is 0.000734. The van der Waals surface area contributed by atoms with Crippen LogP contribution in [0.2, 0.25) is 18.1 Å². The molecular weight excluding hydrogens is 398 g/mol. The molecule has 0 aromatic heterocycles. The topological polar surface area (TPSA) is 38.8 Å². The molecule has 0 saturated carbocycles. The molecular formula is C19H28BrNO3Si. The number of alkyl halides is 1. The molecule has 1 aliphatic heterocycles. The standard InChI is InChI=1S/C19H28BrNO3Si/c1-7-13-21-17(22)16(15-11-9-8-10-12-15)23-19(21,14-20)24-25(5,6)18(2,3)4/h7-12,16H,1,13-14H2,2-6H3/t16-,19+/m0/s1. The number of carbonyl (C=O) groups is 1. The zero-order chi connectivity index (χ0) is 18.9. The third-order valence-electron chi connectivity index (χ3n) is 5.01. The lowest BCUT2D eigenvalue weighted by Crippen LogP contribution is -2.58. The van der Waals surface area contributed by atoms with Crippen molar-refractivity contribution in [3.63, 3.8) is 0 Å². The molecule has 2 atom stereocenters. The minimum Gasteiger partial charge on any atom is -0.373 e. The summed E-state index contributed by atoms with van der Waals surface area (Å²) in [5.74, 6) is -1.21. The van der Waals surface area contributed by atoms with E-state index in [2.05, 4.69) is 56.4 Å². The molecule has 1 amide bonds. The summed E-state index contributed by atoms with van der Waals surface area (Å²) in [7, 11) is -2.18. The second-order valence-corrected chi connectivity index (χ2v) is 13.1. The third-order valence-corrected chi connectivity index (χ3v) is 10.2. The van der Waals surface area contributed by atoms with Crippen molar-refractivity contribution in [2.24, 2.45) is 0 Å². The van der Waals surface area contributed by atoms with Crippen LogP contribution >= 0.6 is 15.9 Å². The van der Waals surface area contributed by atoms with Crippen LogP contribution in [0, 0.1) is 0 Å². The Morgan fingerprint density at radius 2 is 1.96 bits per heavy atom. The summed E-state index contributed by atoms with van der Waals surface area (Å²) in [6.07, 6.45) is 1.05. The van der Waals surface area contributed by atoms with Crippen LogP contribution in [0.5, 0.6) is 0 Å². The van der Waals surface area contributed by atoms with Gasteiger partial charge in [0.05, 0.1) is 5.33 Å². The van der Waals surface area contributed by atoms with Crippen molar-refractivity contribution in [2.75, 3.05) is 11.9 Å². The first-order valence-electron chi connectivity index (χ1n) is 8.49. The average molecular weight is 426 g/mol. The Bertz CT molecular complexity index is 629. The zero-order valence-electron chi connectivity index (χ0n) is 15.7. The monoisotopic (exact) mass is 425 g/mol.